The fourth-order valence-corrected chi connectivity index (χ4v) is 2.39. The second-order valence-electron chi connectivity index (χ2n) is 6.08. The Morgan fingerprint density at radius 3 is 2.67 bits per heavy atom. The molecule has 1 heterocycles. The van der Waals surface area contributed by atoms with Crippen molar-refractivity contribution in [3.63, 3.8) is 0 Å². The first-order chi connectivity index (χ1) is 9.82. The largest absolute Gasteiger partial charge is 0.388 e. The number of amides is 1. The van der Waals surface area contributed by atoms with Crippen LogP contribution in [-0.4, -0.2) is 32.9 Å². The molecule has 0 saturated heterocycles. The molecule has 0 bridgehead atoms. The third kappa shape index (κ3) is 3.58. The van der Waals surface area contributed by atoms with Crippen molar-refractivity contribution >= 4 is 5.91 Å². The van der Waals surface area contributed by atoms with Crippen molar-refractivity contribution in [3.05, 3.63) is 17.5 Å². The molecule has 0 atom stereocenters. The Balaban J connectivity index is 2.10. The van der Waals surface area contributed by atoms with Gasteiger partial charge in [-0.1, -0.05) is 13.8 Å². The van der Waals surface area contributed by atoms with E-state index in [0.29, 0.717) is 19.4 Å². The zero-order valence-corrected chi connectivity index (χ0v) is 12.3. The molecule has 118 valence electrons. The van der Waals surface area contributed by atoms with Crippen molar-refractivity contribution in [2.75, 3.05) is 6.54 Å². The van der Waals surface area contributed by atoms with Crippen LogP contribution in [0.4, 0.5) is 8.78 Å². The highest BCUT2D eigenvalue weighted by molar-refractivity contribution is 5.95. The molecular formula is C14H21F2N3O2. The highest BCUT2D eigenvalue weighted by Crippen LogP contribution is 2.31. The molecule has 1 aromatic rings. The number of nitrogens with zero attached hydrogens (tertiary/aromatic N) is 2. The molecule has 1 aliphatic rings. The van der Waals surface area contributed by atoms with Crippen LogP contribution in [0.25, 0.3) is 0 Å². The zero-order valence-electron chi connectivity index (χ0n) is 12.3. The number of aliphatic hydroxyl groups is 1. The van der Waals surface area contributed by atoms with E-state index in [2.05, 4.69) is 10.4 Å². The number of halogens is 2. The van der Waals surface area contributed by atoms with Crippen molar-refractivity contribution in [1.82, 2.24) is 15.1 Å². The maximum atomic E-state index is 13.2. The minimum absolute atomic E-state index is 0.0872. The van der Waals surface area contributed by atoms with E-state index in [9.17, 15) is 18.7 Å². The van der Waals surface area contributed by atoms with Crippen molar-refractivity contribution in [2.24, 2.45) is 5.92 Å². The third-order valence-electron chi connectivity index (χ3n) is 3.73. The van der Waals surface area contributed by atoms with Gasteiger partial charge in [0.2, 0.25) is 0 Å². The number of nitrogens with one attached hydrogen (secondary N) is 1. The summed E-state index contributed by atoms with van der Waals surface area (Å²) in [6, 6.07) is 0. The standard InChI is InChI=1S/C14H21F2N3O2/c1-9(2)7-19-11(12(15)16)10(6-18-19)13(20)17-8-14(21)4-3-5-14/h6,9,12,21H,3-5,7-8H2,1-2H3,(H,17,20). The van der Waals surface area contributed by atoms with Crippen LogP contribution < -0.4 is 5.32 Å². The van der Waals surface area contributed by atoms with Gasteiger partial charge < -0.3 is 10.4 Å². The second kappa shape index (κ2) is 6.09. The number of carbonyl (C=O) groups is 1. The fraction of sp³-hybridized carbons (Fsp3) is 0.714. The molecular weight excluding hydrogens is 280 g/mol. The number of aromatic nitrogens is 2. The molecule has 5 nitrogen and oxygen atoms in total. The van der Waals surface area contributed by atoms with E-state index in [-0.39, 0.29) is 23.7 Å². The van der Waals surface area contributed by atoms with Crippen LogP contribution in [0, 0.1) is 5.92 Å². The summed E-state index contributed by atoms with van der Waals surface area (Å²) >= 11 is 0. The lowest BCUT2D eigenvalue weighted by Crippen LogP contribution is -2.47. The SMILES string of the molecule is CC(C)Cn1ncc(C(=O)NCC2(O)CCC2)c1C(F)F. The molecule has 2 N–H and O–H groups in total. The molecule has 0 spiro atoms. The summed E-state index contributed by atoms with van der Waals surface area (Å²) in [4.78, 5) is 12.0. The van der Waals surface area contributed by atoms with E-state index in [1.807, 2.05) is 13.8 Å². The monoisotopic (exact) mass is 301 g/mol. The lowest BCUT2D eigenvalue weighted by Gasteiger charge is -2.36. The molecule has 2 rings (SSSR count). The topological polar surface area (TPSA) is 67.2 Å². The first-order valence-electron chi connectivity index (χ1n) is 7.17. The third-order valence-corrected chi connectivity index (χ3v) is 3.73. The Morgan fingerprint density at radius 1 is 1.52 bits per heavy atom. The van der Waals surface area contributed by atoms with Crippen LogP contribution in [-0.2, 0) is 6.54 Å². The van der Waals surface area contributed by atoms with Crippen LogP contribution in [0.15, 0.2) is 6.20 Å². The summed E-state index contributed by atoms with van der Waals surface area (Å²) in [6.45, 7) is 4.20. The lowest BCUT2D eigenvalue weighted by atomic mass is 9.80. The van der Waals surface area contributed by atoms with Crippen LogP contribution in [0.5, 0.6) is 0 Å². The van der Waals surface area contributed by atoms with Crippen LogP contribution in [0.1, 0.15) is 55.6 Å². The molecule has 1 aromatic heterocycles. The van der Waals surface area contributed by atoms with Crippen molar-refractivity contribution in [2.45, 2.75) is 51.7 Å². The molecule has 1 fully saturated rings. The maximum Gasteiger partial charge on any atom is 0.280 e. The van der Waals surface area contributed by atoms with E-state index in [4.69, 9.17) is 0 Å². The number of carbonyl (C=O) groups excluding carboxylic acids is 1. The van der Waals surface area contributed by atoms with Crippen molar-refractivity contribution in [1.29, 1.82) is 0 Å². The Morgan fingerprint density at radius 2 is 2.19 bits per heavy atom. The van der Waals surface area contributed by atoms with E-state index >= 15 is 0 Å². The van der Waals surface area contributed by atoms with Crippen molar-refractivity contribution in [3.8, 4) is 0 Å². The molecule has 21 heavy (non-hydrogen) atoms. The highest BCUT2D eigenvalue weighted by atomic mass is 19.3. The Bertz CT molecular complexity index is 510. The van der Waals surface area contributed by atoms with Gasteiger partial charge in [0.05, 0.1) is 17.4 Å². The van der Waals surface area contributed by atoms with Crippen molar-refractivity contribution < 1.29 is 18.7 Å². The molecule has 0 aliphatic heterocycles. The lowest BCUT2D eigenvalue weighted by molar-refractivity contribution is -0.0300. The van der Waals surface area contributed by atoms with E-state index in [0.717, 1.165) is 6.42 Å². The van der Waals surface area contributed by atoms with Crippen LogP contribution >= 0.6 is 0 Å². The van der Waals surface area contributed by atoms with Gasteiger partial charge in [0.1, 0.15) is 5.69 Å². The Labute approximate surface area is 122 Å². The quantitative estimate of drug-likeness (QED) is 0.846. The number of alkyl halides is 2. The molecule has 7 heteroatoms. The summed E-state index contributed by atoms with van der Waals surface area (Å²) < 4.78 is 27.6. The summed E-state index contributed by atoms with van der Waals surface area (Å²) in [7, 11) is 0. The normalized spacial score (nSPS) is 17.1. The smallest absolute Gasteiger partial charge is 0.280 e. The van der Waals surface area contributed by atoms with Gasteiger partial charge in [-0.15, -0.1) is 0 Å². The zero-order chi connectivity index (χ0) is 15.6. The van der Waals surface area contributed by atoms with Gasteiger partial charge in [0.15, 0.2) is 0 Å². The van der Waals surface area contributed by atoms with Gasteiger partial charge in [-0.2, -0.15) is 5.10 Å². The van der Waals surface area contributed by atoms with E-state index < -0.39 is 17.9 Å². The van der Waals surface area contributed by atoms with Gasteiger partial charge in [0, 0.05) is 13.1 Å². The predicted octanol–water partition coefficient (Wildman–Crippen LogP) is 2.12. The van der Waals surface area contributed by atoms with E-state index in [1.54, 1.807) is 0 Å². The van der Waals surface area contributed by atoms with Gasteiger partial charge in [-0.05, 0) is 25.2 Å². The minimum atomic E-state index is -2.77. The maximum absolute atomic E-state index is 13.2. The van der Waals surface area contributed by atoms with Gasteiger partial charge >= 0.3 is 0 Å². The fourth-order valence-electron chi connectivity index (χ4n) is 2.39. The summed E-state index contributed by atoms with van der Waals surface area (Å²) in [5, 5.41) is 16.3. The number of hydrogen-bond acceptors (Lipinski definition) is 3. The van der Waals surface area contributed by atoms with Crippen LogP contribution in [0.3, 0.4) is 0 Å². The van der Waals surface area contributed by atoms with Crippen LogP contribution in [0.2, 0.25) is 0 Å². The Kier molecular flexibility index (Phi) is 4.61. The average molecular weight is 301 g/mol. The average Bonchev–Trinajstić information content (AvgIpc) is 2.76. The van der Waals surface area contributed by atoms with Gasteiger partial charge in [-0.25, -0.2) is 8.78 Å². The minimum Gasteiger partial charge on any atom is -0.388 e. The van der Waals surface area contributed by atoms with Gasteiger partial charge in [0.25, 0.3) is 12.3 Å². The molecule has 0 aromatic carbocycles. The summed E-state index contributed by atoms with van der Waals surface area (Å²) in [6.07, 6.45) is 0.576. The van der Waals surface area contributed by atoms with E-state index in [1.165, 1.54) is 10.9 Å². The molecule has 1 aliphatic carbocycles. The first-order valence-corrected chi connectivity index (χ1v) is 7.17. The first kappa shape index (κ1) is 15.9. The number of hydrogen-bond donors (Lipinski definition) is 2. The Hall–Kier alpha value is -1.50. The summed E-state index contributed by atoms with van der Waals surface area (Å²) in [5.74, 6) is -0.463. The molecule has 0 radical (unpaired) electrons. The highest BCUT2D eigenvalue weighted by Gasteiger charge is 2.35. The molecule has 0 unspecified atom stereocenters. The number of rotatable bonds is 6. The predicted molar refractivity (Wildman–Crippen MR) is 73.2 cm³/mol. The molecule has 1 amide bonds. The summed E-state index contributed by atoms with van der Waals surface area (Å²) in [5.41, 5.74) is -1.36. The van der Waals surface area contributed by atoms with Gasteiger partial charge in [-0.3, -0.25) is 9.48 Å². The molecule has 1 saturated carbocycles. The second-order valence-corrected chi connectivity index (χ2v) is 6.08.